The second-order valence-electron chi connectivity index (χ2n) is 2.81. The largest absolute Gasteiger partial charge is 0.323 e. The van der Waals surface area contributed by atoms with Gasteiger partial charge >= 0.3 is 0 Å². The smallest absolute Gasteiger partial charge is 0.123 e. The molecule has 0 saturated carbocycles. The van der Waals surface area contributed by atoms with E-state index in [2.05, 4.69) is 5.10 Å². The Labute approximate surface area is 80.0 Å². The minimum absolute atomic E-state index is 0.234. The summed E-state index contributed by atoms with van der Waals surface area (Å²) < 4.78 is 12.9. The van der Waals surface area contributed by atoms with E-state index in [1.807, 2.05) is 0 Å². The van der Waals surface area contributed by atoms with Crippen molar-refractivity contribution in [1.29, 1.82) is 0 Å². The molecule has 0 aromatic heterocycles. The van der Waals surface area contributed by atoms with E-state index in [1.165, 1.54) is 12.1 Å². The van der Waals surface area contributed by atoms with Gasteiger partial charge in [0, 0.05) is 22.6 Å². The fraction of sp³-hybridized carbons (Fsp3) is 0.222. The first-order valence-electron chi connectivity index (χ1n) is 4.01. The molecule has 2 rings (SSSR count). The maximum Gasteiger partial charge on any atom is 0.123 e. The molecule has 0 bridgehead atoms. The summed E-state index contributed by atoms with van der Waals surface area (Å²) in [5.74, 6) is 5.96. The third-order valence-electron chi connectivity index (χ3n) is 2.00. The van der Waals surface area contributed by atoms with E-state index in [0.717, 1.165) is 28.3 Å². The van der Waals surface area contributed by atoms with Crippen LogP contribution in [0.2, 0.25) is 0 Å². The van der Waals surface area contributed by atoms with Gasteiger partial charge in [0.25, 0.3) is 0 Å². The molecule has 13 heavy (non-hydrogen) atoms. The zero-order valence-corrected chi connectivity index (χ0v) is 7.77. The van der Waals surface area contributed by atoms with Crippen LogP contribution in [0.15, 0.2) is 28.2 Å². The van der Waals surface area contributed by atoms with Gasteiger partial charge in [-0.1, -0.05) is 0 Å². The van der Waals surface area contributed by atoms with Crippen molar-refractivity contribution < 1.29 is 4.39 Å². The van der Waals surface area contributed by atoms with Crippen molar-refractivity contribution in [2.24, 2.45) is 10.9 Å². The third kappa shape index (κ3) is 1.54. The number of rotatable bonds is 0. The summed E-state index contributed by atoms with van der Waals surface area (Å²) in [6, 6.07) is 4.73. The minimum atomic E-state index is -0.234. The lowest BCUT2D eigenvalue weighted by atomic mass is 10.1. The third-order valence-corrected chi connectivity index (χ3v) is 3.08. The molecule has 0 saturated heterocycles. The van der Waals surface area contributed by atoms with Crippen molar-refractivity contribution in [3.63, 3.8) is 0 Å². The number of hydrogen-bond donors (Lipinski definition) is 1. The summed E-state index contributed by atoms with van der Waals surface area (Å²) in [7, 11) is 0. The molecule has 0 spiro atoms. The first-order chi connectivity index (χ1) is 6.31. The van der Waals surface area contributed by atoms with E-state index in [1.54, 1.807) is 17.8 Å². The van der Waals surface area contributed by atoms with Gasteiger partial charge in [0.2, 0.25) is 0 Å². The van der Waals surface area contributed by atoms with Gasteiger partial charge in [0.15, 0.2) is 0 Å². The molecule has 4 heteroatoms. The summed E-state index contributed by atoms with van der Waals surface area (Å²) >= 11 is 1.71. The van der Waals surface area contributed by atoms with Gasteiger partial charge in [-0.15, -0.1) is 11.8 Å². The highest BCUT2D eigenvalue weighted by atomic mass is 32.2. The van der Waals surface area contributed by atoms with Crippen molar-refractivity contribution in [1.82, 2.24) is 0 Å². The number of fused-ring (bicyclic) bond motifs is 1. The summed E-state index contributed by atoms with van der Waals surface area (Å²) in [6.45, 7) is 0. The minimum Gasteiger partial charge on any atom is -0.323 e. The maximum atomic E-state index is 12.9. The molecule has 68 valence electrons. The van der Waals surface area contributed by atoms with Crippen molar-refractivity contribution in [3.8, 4) is 0 Å². The average Bonchev–Trinajstić information content (AvgIpc) is 2.17. The topological polar surface area (TPSA) is 38.4 Å². The lowest BCUT2D eigenvalue weighted by Crippen LogP contribution is -2.11. The molecule has 0 amide bonds. The molecule has 1 aliphatic heterocycles. The Kier molecular flexibility index (Phi) is 2.22. The Hall–Kier alpha value is -1.03. The van der Waals surface area contributed by atoms with Gasteiger partial charge in [0.1, 0.15) is 5.82 Å². The first kappa shape index (κ1) is 8.56. The number of hydrazone groups is 1. The van der Waals surface area contributed by atoms with Gasteiger partial charge in [-0.25, -0.2) is 4.39 Å². The molecular weight excluding hydrogens is 187 g/mol. The zero-order chi connectivity index (χ0) is 9.26. The Morgan fingerprint density at radius 1 is 1.46 bits per heavy atom. The molecule has 0 aliphatic carbocycles. The molecule has 0 radical (unpaired) electrons. The fourth-order valence-corrected chi connectivity index (χ4v) is 2.39. The van der Waals surface area contributed by atoms with Crippen LogP contribution in [0.25, 0.3) is 0 Å². The zero-order valence-electron chi connectivity index (χ0n) is 6.96. The lowest BCUT2D eigenvalue weighted by Gasteiger charge is -2.16. The standard InChI is InChI=1S/C9H9FN2S/c10-6-1-2-9-7(5-6)8(12-11)3-4-13-9/h1-2,5H,3-4,11H2. The normalized spacial score (nSPS) is 18.7. The first-order valence-corrected chi connectivity index (χ1v) is 4.99. The van der Waals surface area contributed by atoms with Crippen LogP contribution >= 0.6 is 11.8 Å². The second-order valence-corrected chi connectivity index (χ2v) is 3.95. The number of nitrogens with zero attached hydrogens (tertiary/aromatic N) is 1. The monoisotopic (exact) mass is 196 g/mol. The summed E-state index contributed by atoms with van der Waals surface area (Å²) in [6.07, 6.45) is 0.817. The Balaban J connectivity index is 2.54. The average molecular weight is 196 g/mol. The predicted octanol–water partition coefficient (Wildman–Crippen LogP) is 1.98. The maximum absolute atomic E-state index is 12.9. The van der Waals surface area contributed by atoms with Gasteiger partial charge in [-0.05, 0) is 18.2 Å². The summed E-state index contributed by atoms with van der Waals surface area (Å²) in [5.41, 5.74) is 1.65. The van der Waals surface area contributed by atoms with Crippen molar-refractivity contribution in [2.45, 2.75) is 11.3 Å². The molecule has 0 unspecified atom stereocenters. The van der Waals surface area contributed by atoms with E-state index < -0.39 is 0 Å². The van der Waals surface area contributed by atoms with E-state index in [-0.39, 0.29) is 5.82 Å². The second kappa shape index (κ2) is 3.38. The highest BCUT2D eigenvalue weighted by Gasteiger charge is 2.16. The van der Waals surface area contributed by atoms with Crippen LogP contribution in [0.4, 0.5) is 4.39 Å². The van der Waals surface area contributed by atoms with Gasteiger partial charge in [-0.2, -0.15) is 5.10 Å². The van der Waals surface area contributed by atoms with Crippen LogP contribution in [0, 0.1) is 5.82 Å². The Morgan fingerprint density at radius 3 is 3.08 bits per heavy atom. The summed E-state index contributed by atoms with van der Waals surface area (Å²) in [5, 5.41) is 3.67. The van der Waals surface area contributed by atoms with Crippen molar-refractivity contribution >= 4 is 17.5 Å². The van der Waals surface area contributed by atoms with Crippen LogP contribution < -0.4 is 5.84 Å². The van der Waals surface area contributed by atoms with E-state index >= 15 is 0 Å². The van der Waals surface area contributed by atoms with E-state index in [9.17, 15) is 4.39 Å². The van der Waals surface area contributed by atoms with Crippen LogP contribution in [0.5, 0.6) is 0 Å². The molecule has 2 N–H and O–H groups in total. The Bertz CT molecular complexity index is 363. The lowest BCUT2D eigenvalue weighted by molar-refractivity contribution is 0.626. The van der Waals surface area contributed by atoms with E-state index in [4.69, 9.17) is 5.84 Å². The SMILES string of the molecule is NN=C1CCSc2ccc(F)cc21. The highest BCUT2D eigenvalue weighted by molar-refractivity contribution is 7.99. The van der Waals surface area contributed by atoms with E-state index in [0.29, 0.717) is 0 Å². The molecule has 1 aromatic carbocycles. The number of nitrogens with two attached hydrogens (primary N) is 1. The predicted molar refractivity (Wildman–Crippen MR) is 52.5 cm³/mol. The molecule has 0 fully saturated rings. The van der Waals surface area contributed by atoms with Gasteiger partial charge < -0.3 is 5.84 Å². The molecule has 2 nitrogen and oxygen atoms in total. The molecule has 1 aromatic rings. The fourth-order valence-electron chi connectivity index (χ4n) is 1.38. The molecule has 0 atom stereocenters. The van der Waals surface area contributed by atoms with Crippen LogP contribution in [-0.4, -0.2) is 11.5 Å². The Morgan fingerprint density at radius 2 is 2.31 bits per heavy atom. The van der Waals surface area contributed by atoms with Crippen molar-refractivity contribution in [3.05, 3.63) is 29.6 Å². The molecule has 1 aliphatic rings. The van der Waals surface area contributed by atoms with Gasteiger partial charge in [0.05, 0.1) is 5.71 Å². The molecular formula is C9H9FN2S. The number of benzene rings is 1. The molecule has 1 heterocycles. The summed E-state index contributed by atoms with van der Waals surface area (Å²) in [4.78, 5) is 1.07. The number of halogens is 1. The highest BCUT2D eigenvalue weighted by Crippen LogP contribution is 2.30. The van der Waals surface area contributed by atoms with Gasteiger partial charge in [-0.3, -0.25) is 0 Å². The van der Waals surface area contributed by atoms with Crippen LogP contribution in [-0.2, 0) is 0 Å². The van der Waals surface area contributed by atoms with Crippen LogP contribution in [0.1, 0.15) is 12.0 Å². The van der Waals surface area contributed by atoms with Crippen molar-refractivity contribution in [2.75, 3.05) is 5.75 Å². The number of hydrogen-bond acceptors (Lipinski definition) is 3. The quantitative estimate of drug-likeness (QED) is 0.509. The number of thioether (sulfide) groups is 1. The van der Waals surface area contributed by atoms with Crippen LogP contribution in [0.3, 0.4) is 0 Å².